The van der Waals surface area contributed by atoms with Crippen molar-refractivity contribution in [3.63, 3.8) is 0 Å². The summed E-state index contributed by atoms with van der Waals surface area (Å²) in [6.45, 7) is 4.20. The van der Waals surface area contributed by atoms with E-state index in [0.717, 1.165) is 0 Å². The molecule has 11 heavy (non-hydrogen) atoms. The van der Waals surface area contributed by atoms with Crippen molar-refractivity contribution in [2.75, 3.05) is 6.54 Å². The van der Waals surface area contributed by atoms with Crippen LogP contribution in [0.4, 0.5) is 4.39 Å². The number of hydrogen-bond acceptors (Lipinski definition) is 3. The summed E-state index contributed by atoms with van der Waals surface area (Å²) < 4.78 is 17.6. The second-order valence-corrected chi connectivity index (χ2v) is 2.57. The number of hydrogen-bond donors (Lipinski definition) is 0. The first kappa shape index (κ1) is 8.17. The molecule has 62 valence electrons. The van der Waals surface area contributed by atoms with Crippen molar-refractivity contribution < 1.29 is 9.13 Å². The molecule has 0 aliphatic carbocycles. The van der Waals surface area contributed by atoms with E-state index in [2.05, 4.69) is 9.98 Å². The van der Waals surface area contributed by atoms with Crippen LogP contribution < -0.4 is 0 Å². The second-order valence-electron chi connectivity index (χ2n) is 2.57. The van der Waals surface area contributed by atoms with Crippen molar-refractivity contribution in [3.05, 3.63) is 0 Å². The van der Waals surface area contributed by atoms with Crippen molar-refractivity contribution >= 4 is 12.0 Å². The van der Waals surface area contributed by atoms with Crippen LogP contribution in [-0.4, -0.2) is 24.6 Å². The maximum absolute atomic E-state index is 12.4. The summed E-state index contributed by atoms with van der Waals surface area (Å²) in [5, 5.41) is 0. The fourth-order valence-corrected chi connectivity index (χ4v) is 0.795. The molecule has 0 atom stereocenters. The lowest BCUT2D eigenvalue weighted by Gasteiger charge is -2.12. The topological polar surface area (TPSA) is 34.0 Å². The summed E-state index contributed by atoms with van der Waals surface area (Å²) >= 11 is 0. The zero-order valence-electron chi connectivity index (χ0n) is 6.67. The zero-order chi connectivity index (χ0) is 8.27. The van der Waals surface area contributed by atoms with E-state index in [1.165, 1.54) is 0 Å². The molecule has 0 N–H and O–H groups in total. The van der Waals surface area contributed by atoms with Gasteiger partial charge in [0.2, 0.25) is 0 Å². The molecule has 0 radical (unpaired) electrons. The lowest BCUT2D eigenvalue weighted by Crippen LogP contribution is -2.16. The van der Waals surface area contributed by atoms with Gasteiger partial charge in [0.15, 0.2) is 5.90 Å². The van der Waals surface area contributed by atoms with E-state index in [0.29, 0.717) is 18.9 Å². The van der Waals surface area contributed by atoms with Crippen LogP contribution in [0, 0.1) is 0 Å². The third kappa shape index (κ3) is 2.65. The van der Waals surface area contributed by atoms with Crippen molar-refractivity contribution in [1.29, 1.82) is 0 Å². The molecule has 0 aromatic rings. The van der Waals surface area contributed by atoms with Gasteiger partial charge in [-0.3, -0.25) is 0 Å². The summed E-state index contributed by atoms with van der Waals surface area (Å²) in [5.41, 5.74) is 0. The highest BCUT2D eigenvalue weighted by Gasteiger charge is 2.09. The van der Waals surface area contributed by atoms with Gasteiger partial charge in [0.25, 0.3) is 0 Å². The quantitative estimate of drug-likeness (QED) is 0.533. The molecule has 0 unspecified atom stereocenters. The molecular formula is C7H11FN2O. The van der Waals surface area contributed by atoms with Gasteiger partial charge >= 0.3 is 6.09 Å². The Hall–Kier alpha value is -0.930. The monoisotopic (exact) mass is 158 g/mol. The number of halogens is 1. The average Bonchev–Trinajstić information content (AvgIpc) is 1.85. The van der Waals surface area contributed by atoms with Crippen LogP contribution >= 0.6 is 0 Å². The smallest absolute Gasteiger partial charge is 0.307 e. The van der Waals surface area contributed by atoms with Crippen LogP contribution in [-0.2, 0) is 4.74 Å². The predicted molar refractivity (Wildman–Crippen MR) is 41.7 cm³/mol. The van der Waals surface area contributed by atoms with Crippen LogP contribution in [0.1, 0.15) is 20.3 Å². The molecule has 4 heteroatoms. The molecule has 1 heterocycles. The Bertz CT molecular complexity index is 199. The highest BCUT2D eigenvalue weighted by Crippen LogP contribution is 2.03. The van der Waals surface area contributed by atoms with E-state index in [1.807, 2.05) is 13.8 Å². The van der Waals surface area contributed by atoms with Gasteiger partial charge in [-0.15, -0.1) is 0 Å². The van der Waals surface area contributed by atoms with Gasteiger partial charge in [-0.2, -0.15) is 9.38 Å². The molecule has 0 saturated carbocycles. The minimum absolute atomic E-state index is 0.0552. The number of aliphatic imine (C=N–C) groups is 2. The standard InChI is InChI=1S/C7H11FN2O/c1-5(2)11-6-3-4-9-7(8)10-6/h5H,3-4H2,1-2H3. The first-order valence-corrected chi connectivity index (χ1v) is 3.62. The normalized spacial score (nSPS) is 17.8. The van der Waals surface area contributed by atoms with Crippen molar-refractivity contribution in [2.24, 2.45) is 9.98 Å². The highest BCUT2D eigenvalue weighted by molar-refractivity contribution is 5.91. The lowest BCUT2D eigenvalue weighted by molar-refractivity contribution is 0.221. The van der Waals surface area contributed by atoms with Gasteiger partial charge in [-0.05, 0) is 13.8 Å². The highest BCUT2D eigenvalue weighted by atomic mass is 19.1. The number of rotatable bonds is 1. The summed E-state index contributed by atoms with van der Waals surface area (Å²) in [6.07, 6.45) is -0.0162. The fraction of sp³-hybridized carbons (Fsp3) is 0.714. The summed E-state index contributed by atoms with van der Waals surface area (Å²) in [4.78, 5) is 6.97. The van der Waals surface area contributed by atoms with E-state index in [4.69, 9.17) is 4.74 Å². The van der Waals surface area contributed by atoms with Crippen LogP contribution in [0.25, 0.3) is 0 Å². The Morgan fingerprint density at radius 3 is 2.82 bits per heavy atom. The van der Waals surface area contributed by atoms with Gasteiger partial charge in [0, 0.05) is 6.42 Å². The van der Waals surface area contributed by atoms with E-state index < -0.39 is 6.09 Å². The Kier molecular flexibility index (Phi) is 2.57. The largest absolute Gasteiger partial charge is 0.478 e. The van der Waals surface area contributed by atoms with Crippen LogP contribution in [0.2, 0.25) is 0 Å². The Morgan fingerprint density at radius 2 is 2.27 bits per heavy atom. The molecule has 0 fully saturated rings. The van der Waals surface area contributed by atoms with Crippen molar-refractivity contribution in [1.82, 2.24) is 0 Å². The molecule has 3 nitrogen and oxygen atoms in total. The molecule has 0 saturated heterocycles. The number of amidine groups is 1. The Morgan fingerprint density at radius 1 is 1.55 bits per heavy atom. The molecule has 0 spiro atoms. The van der Waals surface area contributed by atoms with Crippen molar-refractivity contribution in [3.8, 4) is 0 Å². The third-order valence-electron chi connectivity index (χ3n) is 1.16. The molecule has 1 aliphatic rings. The maximum Gasteiger partial charge on any atom is 0.307 e. The van der Waals surface area contributed by atoms with Gasteiger partial charge in [0.1, 0.15) is 0 Å². The number of ether oxygens (including phenoxy) is 1. The van der Waals surface area contributed by atoms with Crippen LogP contribution in [0.3, 0.4) is 0 Å². The molecule has 0 aromatic heterocycles. The van der Waals surface area contributed by atoms with Crippen LogP contribution in [0.5, 0.6) is 0 Å². The van der Waals surface area contributed by atoms with Gasteiger partial charge in [-0.1, -0.05) is 0 Å². The van der Waals surface area contributed by atoms with E-state index in [1.54, 1.807) is 0 Å². The summed E-state index contributed by atoms with van der Waals surface area (Å²) in [6, 6.07) is 0. The fourth-order valence-electron chi connectivity index (χ4n) is 0.795. The maximum atomic E-state index is 12.4. The SMILES string of the molecule is CC(C)OC1=NC(F)=NCC1. The molecule has 1 aliphatic heterocycles. The van der Waals surface area contributed by atoms with E-state index in [-0.39, 0.29) is 6.10 Å². The first-order chi connectivity index (χ1) is 5.18. The molecule has 0 amide bonds. The summed E-state index contributed by atoms with van der Waals surface area (Å²) in [7, 11) is 0. The predicted octanol–water partition coefficient (Wildman–Crippen LogP) is 1.54. The molecule has 0 bridgehead atoms. The lowest BCUT2D eigenvalue weighted by atomic mass is 10.4. The van der Waals surface area contributed by atoms with Crippen molar-refractivity contribution in [2.45, 2.75) is 26.4 Å². The zero-order valence-corrected chi connectivity index (χ0v) is 6.67. The van der Waals surface area contributed by atoms with E-state index >= 15 is 0 Å². The Labute approximate surface area is 65.0 Å². The first-order valence-electron chi connectivity index (χ1n) is 3.62. The van der Waals surface area contributed by atoms with Gasteiger partial charge in [-0.25, -0.2) is 4.99 Å². The summed E-state index contributed by atoms with van der Waals surface area (Å²) in [5.74, 6) is 0.451. The molecule has 0 aromatic carbocycles. The average molecular weight is 158 g/mol. The minimum atomic E-state index is -0.674. The molecular weight excluding hydrogens is 147 g/mol. The Balaban J connectivity index is 2.51. The third-order valence-corrected chi connectivity index (χ3v) is 1.16. The van der Waals surface area contributed by atoms with Gasteiger partial charge in [0.05, 0.1) is 12.6 Å². The molecule has 1 rings (SSSR count). The minimum Gasteiger partial charge on any atom is -0.478 e. The van der Waals surface area contributed by atoms with E-state index in [9.17, 15) is 4.39 Å². The van der Waals surface area contributed by atoms with Crippen LogP contribution in [0.15, 0.2) is 9.98 Å². The second kappa shape index (κ2) is 3.46. The number of nitrogens with zero attached hydrogens (tertiary/aromatic N) is 2. The van der Waals surface area contributed by atoms with Gasteiger partial charge < -0.3 is 4.74 Å².